The van der Waals surface area contributed by atoms with E-state index in [1.165, 1.54) is 19.3 Å². The molecule has 6 heteroatoms. The Morgan fingerprint density at radius 1 is 1.09 bits per heavy atom. The molecular formula is C16H25N5O. The molecule has 1 aromatic rings. The van der Waals surface area contributed by atoms with Crippen LogP contribution in [0.15, 0.2) is 18.5 Å². The molecule has 1 aliphatic heterocycles. The summed E-state index contributed by atoms with van der Waals surface area (Å²) < 4.78 is 0. The van der Waals surface area contributed by atoms with Gasteiger partial charge in [-0.25, -0.2) is 9.97 Å². The van der Waals surface area contributed by atoms with Crippen LogP contribution in [0.1, 0.15) is 32.1 Å². The van der Waals surface area contributed by atoms with Gasteiger partial charge in [0.25, 0.3) is 0 Å². The molecule has 2 heterocycles. The maximum absolute atomic E-state index is 12.1. The van der Waals surface area contributed by atoms with Crippen molar-refractivity contribution in [2.45, 2.75) is 38.1 Å². The van der Waals surface area contributed by atoms with Crippen LogP contribution in [0, 0.1) is 0 Å². The van der Waals surface area contributed by atoms with Gasteiger partial charge in [0.2, 0.25) is 11.9 Å². The molecule has 1 aromatic heterocycles. The van der Waals surface area contributed by atoms with Crippen LogP contribution in [0.5, 0.6) is 0 Å². The summed E-state index contributed by atoms with van der Waals surface area (Å²) in [4.78, 5) is 25.1. The Balaban J connectivity index is 1.41. The van der Waals surface area contributed by atoms with Gasteiger partial charge in [-0.15, -0.1) is 0 Å². The Morgan fingerprint density at radius 2 is 1.77 bits per heavy atom. The predicted molar refractivity (Wildman–Crippen MR) is 85.7 cm³/mol. The zero-order chi connectivity index (χ0) is 15.2. The van der Waals surface area contributed by atoms with E-state index in [1.54, 1.807) is 12.4 Å². The smallest absolute Gasteiger partial charge is 0.234 e. The number of anilines is 1. The molecule has 1 amide bonds. The largest absolute Gasteiger partial charge is 0.352 e. The quantitative estimate of drug-likeness (QED) is 0.901. The number of aromatic nitrogens is 2. The molecule has 0 bridgehead atoms. The van der Waals surface area contributed by atoms with Gasteiger partial charge in [-0.1, -0.05) is 19.3 Å². The maximum Gasteiger partial charge on any atom is 0.234 e. The average Bonchev–Trinajstić information content (AvgIpc) is 2.57. The molecule has 6 nitrogen and oxygen atoms in total. The topological polar surface area (TPSA) is 61.4 Å². The van der Waals surface area contributed by atoms with Gasteiger partial charge in [0.1, 0.15) is 0 Å². The summed E-state index contributed by atoms with van der Waals surface area (Å²) in [5.41, 5.74) is 0. The van der Waals surface area contributed by atoms with Crippen molar-refractivity contribution in [3.05, 3.63) is 18.5 Å². The SMILES string of the molecule is O=C(CN1CCN(c2ncccn2)CC1)NC1CCCCC1. The van der Waals surface area contributed by atoms with Crippen LogP contribution in [0.2, 0.25) is 0 Å². The number of amides is 1. The normalized spacial score (nSPS) is 20.8. The summed E-state index contributed by atoms with van der Waals surface area (Å²) in [6.07, 6.45) is 9.64. The second kappa shape index (κ2) is 7.54. The van der Waals surface area contributed by atoms with E-state index in [9.17, 15) is 4.79 Å². The minimum atomic E-state index is 0.177. The molecule has 1 saturated carbocycles. The van der Waals surface area contributed by atoms with Gasteiger partial charge in [0.15, 0.2) is 0 Å². The van der Waals surface area contributed by atoms with E-state index in [0.29, 0.717) is 12.6 Å². The average molecular weight is 303 g/mol. The molecule has 0 radical (unpaired) electrons. The Morgan fingerprint density at radius 3 is 2.45 bits per heavy atom. The minimum absolute atomic E-state index is 0.177. The van der Waals surface area contributed by atoms with Gasteiger partial charge in [-0.2, -0.15) is 0 Å². The number of hydrogen-bond acceptors (Lipinski definition) is 5. The fraction of sp³-hybridized carbons (Fsp3) is 0.688. The van der Waals surface area contributed by atoms with Crippen LogP contribution < -0.4 is 10.2 Å². The second-order valence-corrected chi connectivity index (χ2v) is 6.21. The number of piperazine rings is 1. The Labute approximate surface area is 131 Å². The third-order valence-corrected chi connectivity index (χ3v) is 4.54. The fourth-order valence-electron chi connectivity index (χ4n) is 3.28. The van der Waals surface area contributed by atoms with Crippen molar-refractivity contribution >= 4 is 11.9 Å². The van der Waals surface area contributed by atoms with Crippen molar-refractivity contribution in [1.29, 1.82) is 0 Å². The number of carbonyl (C=O) groups is 1. The highest BCUT2D eigenvalue weighted by molar-refractivity contribution is 5.78. The van der Waals surface area contributed by atoms with E-state index in [1.807, 2.05) is 6.07 Å². The lowest BCUT2D eigenvalue weighted by atomic mass is 9.95. The Hall–Kier alpha value is -1.69. The highest BCUT2D eigenvalue weighted by atomic mass is 16.2. The van der Waals surface area contributed by atoms with Crippen LogP contribution in [-0.4, -0.2) is 59.5 Å². The zero-order valence-electron chi connectivity index (χ0n) is 13.1. The summed E-state index contributed by atoms with van der Waals surface area (Å²) in [7, 11) is 0. The molecule has 1 N–H and O–H groups in total. The fourth-order valence-corrected chi connectivity index (χ4v) is 3.28. The summed E-state index contributed by atoms with van der Waals surface area (Å²) in [6, 6.07) is 2.23. The molecule has 1 saturated heterocycles. The summed E-state index contributed by atoms with van der Waals surface area (Å²) in [6.45, 7) is 4.04. The molecule has 1 aliphatic carbocycles. The lowest BCUT2D eigenvalue weighted by Crippen LogP contribution is -2.51. The van der Waals surface area contributed by atoms with E-state index in [4.69, 9.17) is 0 Å². The number of nitrogens with zero attached hydrogens (tertiary/aromatic N) is 4. The summed E-state index contributed by atoms with van der Waals surface area (Å²) in [5.74, 6) is 0.963. The summed E-state index contributed by atoms with van der Waals surface area (Å²) >= 11 is 0. The minimum Gasteiger partial charge on any atom is -0.352 e. The molecule has 0 spiro atoms. The van der Waals surface area contributed by atoms with Crippen LogP contribution in [0.25, 0.3) is 0 Å². The maximum atomic E-state index is 12.1. The molecule has 2 fully saturated rings. The van der Waals surface area contributed by atoms with Crippen LogP contribution in [0.3, 0.4) is 0 Å². The summed E-state index contributed by atoms with van der Waals surface area (Å²) in [5, 5.41) is 3.19. The van der Waals surface area contributed by atoms with Crippen molar-refractivity contribution in [3.8, 4) is 0 Å². The first-order valence-electron chi connectivity index (χ1n) is 8.35. The van der Waals surface area contributed by atoms with Crippen molar-refractivity contribution in [1.82, 2.24) is 20.2 Å². The number of carbonyl (C=O) groups excluding carboxylic acids is 1. The third kappa shape index (κ3) is 4.16. The van der Waals surface area contributed by atoms with Crippen molar-refractivity contribution in [3.63, 3.8) is 0 Å². The Bertz CT molecular complexity index is 467. The van der Waals surface area contributed by atoms with Crippen molar-refractivity contribution in [2.75, 3.05) is 37.6 Å². The number of rotatable bonds is 4. The van der Waals surface area contributed by atoms with Gasteiger partial charge in [-0.3, -0.25) is 9.69 Å². The van der Waals surface area contributed by atoms with Gasteiger partial charge >= 0.3 is 0 Å². The van der Waals surface area contributed by atoms with Crippen LogP contribution >= 0.6 is 0 Å². The lowest BCUT2D eigenvalue weighted by molar-refractivity contribution is -0.123. The molecular weight excluding hydrogens is 278 g/mol. The first-order chi connectivity index (χ1) is 10.8. The van der Waals surface area contributed by atoms with E-state index >= 15 is 0 Å². The zero-order valence-corrected chi connectivity index (χ0v) is 13.1. The molecule has 0 unspecified atom stereocenters. The number of nitrogens with one attached hydrogen (secondary N) is 1. The lowest BCUT2D eigenvalue weighted by Gasteiger charge is -2.34. The first kappa shape index (κ1) is 15.2. The second-order valence-electron chi connectivity index (χ2n) is 6.21. The molecule has 2 aliphatic rings. The van der Waals surface area contributed by atoms with Crippen LogP contribution in [0.4, 0.5) is 5.95 Å². The van der Waals surface area contributed by atoms with Gasteiger partial charge in [0, 0.05) is 44.6 Å². The van der Waals surface area contributed by atoms with Gasteiger partial charge in [0.05, 0.1) is 6.54 Å². The highest BCUT2D eigenvalue weighted by Gasteiger charge is 2.22. The van der Waals surface area contributed by atoms with E-state index in [2.05, 4.69) is 25.1 Å². The third-order valence-electron chi connectivity index (χ3n) is 4.54. The molecule has 0 atom stereocenters. The molecule has 22 heavy (non-hydrogen) atoms. The van der Waals surface area contributed by atoms with Gasteiger partial charge < -0.3 is 10.2 Å². The first-order valence-corrected chi connectivity index (χ1v) is 8.35. The molecule has 3 rings (SSSR count). The van der Waals surface area contributed by atoms with E-state index < -0.39 is 0 Å². The molecule has 0 aromatic carbocycles. The van der Waals surface area contributed by atoms with Crippen LogP contribution in [-0.2, 0) is 4.79 Å². The van der Waals surface area contributed by atoms with E-state index in [-0.39, 0.29) is 5.91 Å². The van der Waals surface area contributed by atoms with E-state index in [0.717, 1.165) is 45.0 Å². The van der Waals surface area contributed by atoms with Crippen molar-refractivity contribution in [2.24, 2.45) is 0 Å². The number of hydrogen-bond donors (Lipinski definition) is 1. The van der Waals surface area contributed by atoms with Gasteiger partial charge in [-0.05, 0) is 18.9 Å². The van der Waals surface area contributed by atoms with Crippen molar-refractivity contribution < 1.29 is 4.79 Å². The monoisotopic (exact) mass is 303 g/mol. The predicted octanol–water partition coefficient (Wildman–Crippen LogP) is 1.05. The highest BCUT2D eigenvalue weighted by Crippen LogP contribution is 2.17. The standard InChI is InChI=1S/C16H25N5O/c22-15(19-14-5-2-1-3-6-14)13-20-9-11-21(12-10-20)16-17-7-4-8-18-16/h4,7-8,14H,1-3,5-6,9-13H2,(H,19,22). The molecule has 120 valence electrons. The Kier molecular flexibility index (Phi) is 5.21.